The van der Waals surface area contributed by atoms with Gasteiger partial charge in [0.05, 0.1) is 11.0 Å². The minimum absolute atomic E-state index is 0.425. The molecule has 1 aliphatic carbocycles. The molecule has 0 saturated heterocycles. The Morgan fingerprint density at radius 1 is 1.21 bits per heavy atom. The quantitative estimate of drug-likeness (QED) is 0.425. The molecule has 0 radical (unpaired) electrons. The van der Waals surface area contributed by atoms with E-state index in [1.807, 2.05) is 39.6 Å². The van der Waals surface area contributed by atoms with E-state index >= 15 is 0 Å². The maximum Gasteiger partial charge on any atom is 0.179 e. The summed E-state index contributed by atoms with van der Waals surface area (Å²) in [6.07, 6.45) is 9.78. The van der Waals surface area contributed by atoms with Crippen molar-refractivity contribution in [3.05, 3.63) is 65.8 Å². The van der Waals surface area contributed by atoms with Gasteiger partial charge in [-0.15, -0.1) is 0 Å². The summed E-state index contributed by atoms with van der Waals surface area (Å²) < 4.78 is 3.87. The van der Waals surface area contributed by atoms with E-state index in [4.69, 9.17) is 0 Å². The van der Waals surface area contributed by atoms with Gasteiger partial charge in [-0.2, -0.15) is 10.4 Å². The third-order valence-corrected chi connectivity index (χ3v) is 5.37. The van der Waals surface area contributed by atoms with Gasteiger partial charge in [0.1, 0.15) is 23.8 Å². The van der Waals surface area contributed by atoms with Gasteiger partial charge < -0.3 is 4.57 Å². The highest BCUT2D eigenvalue weighted by Crippen LogP contribution is 2.28. The number of H-pyrrole nitrogens is 1. The molecule has 1 aliphatic rings. The van der Waals surface area contributed by atoms with E-state index in [1.54, 1.807) is 12.4 Å². The largest absolute Gasteiger partial charge is 0.303 e. The van der Waals surface area contributed by atoms with Crippen LogP contribution in [0.3, 0.4) is 0 Å². The first-order valence-corrected chi connectivity index (χ1v) is 9.61. The Morgan fingerprint density at radius 2 is 2.07 bits per heavy atom. The maximum atomic E-state index is 9.79. The fourth-order valence-electron chi connectivity index (χ4n) is 3.96. The number of nitriles is 1. The van der Waals surface area contributed by atoms with Crippen molar-refractivity contribution in [3.8, 4) is 11.9 Å². The van der Waals surface area contributed by atoms with Crippen LogP contribution in [0.15, 0.2) is 48.1 Å². The molecule has 1 N–H and O–H groups in total. The van der Waals surface area contributed by atoms with Crippen molar-refractivity contribution in [3.63, 3.8) is 0 Å². The molecule has 7 heteroatoms. The van der Waals surface area contributed by atoms with Gasteiger partial charge in [0.15, 0.2) is 11.6 Å². The van der Waals surface area contributed by atoms with Gasteiger partial charge in [-0.25, -0.2) is 9.98 Å². The molecule has 0 amide bonds. The van der Waals surface area contributed by atoms with Crippen LogP contribution in [0.4, 0.5) is 5.82 Å². The zero-order valence-electron chi connectivity index (χ0n) is 15.8. The molecule has 7 nitrogen and oxygen atoms in total. The van der Waals surface area contributed by atoms with E-state index in [-0.39, 0.29) is 0 Å². The zero-order valence-corrected chi connectivity index (χ0v) is 15.8. The third-order valence-electron chi connectivity index (χ3n) is 5.37. The van der Waals surface area contributed by atoms with E-state index in [2.05, 4.69) is 38.9 Å². The molecular weight excluding hydrogens is 362 g/mol. The van der Waals surface area contributed by atoms with Crippen LogP contribution in [0.2, 0.25) is 0 Å². The highest BCUT2D eigenvalue weighted by atomic mass is 15.3. The molecule has 0 bridgehead atoms. The minimum Gasteiger partial charge on any atom is -0.303 e. The Balaban J connectivity index is 1.57. The lowest BCUT2D eigenvalue weighted by Crippen LogP contribution is -2.07. The summed E-state index contributed by atoms with van der Waals surface area (Å²) in [5, 5.41) is 17.1. The molecule has 0 aliphatic heterocycles. The Hall–Kier alpha value is -3.92. The standard InChI is InChI=1S/C22H19N7/c1-2-20-25-17-8-4-6-10-19(17)29(20)14-24-21-16(13-23)22(27-26-21)28-12-11-15-7-3-5-9-18(15)28/h2,4,6,8,10-12,14H,1,3,5,7,9H2,(H,26,27)/b24-14+. The first kappa shape index (κ1) is 17.2. The maximum absolute atomic E-state index is 9.79. The highest BCUT2D eigenvalue weighted by Gasteiger charge is 2.20. The monoisotopic (exact) mass is 381 g/mol. The number of para-hydroxylation sites is 2. The Bertz CT molecular complexity index is 1290. The van der Waals surface area contributed by atoms with Crippen LogP contribution in [0.1, 0.15) is 35.5 Å². The fourth-order valence-corrected chi connectivity index (χ4v) is 3.96. The number of hydrogen-bond donors (Lipinski definition) is 1. The van der Waals surface area contributed by atoms with Crippen molar-refractivity contribution in [2.75, 3.05) is 0 Å². The number of nitrogens with zero attached hydrogens (tertiary/aromatic N) is 6. The van der Waals surface area contributed by atoms with Crippen molar-refractivity contribution in [1.82, 2.24) is 24.3 Å². The normalized spacial score (nSPS) is 13.6. The molecule has 4 aromatic rings. The number of nitrogens with one attached hydrogen (secondary N) is 1. The van der Waals surface area contributed by atoms with E-state index < -0.39 is 0 Å². The number of benzene rings is 1. The fraction of sp³-hybridized carbons (Fsp3) is 0.182. The summed E-state index contributed by atoms with van der Waals surface area (Å²) in [5.41, 5.74) is 4.79. The zero-order chi connectivity index (χ0) is 19.8. The smallest absolute Gasteiger partial charge is 0.179 e. The van der Waals surface area contributed by atoms with Crippen LogP contribution in [0, 0.1) is 11.3 Å². The van der Waals surface area contributed by atoms with Crippen LogP contribution < -0.4 is 0 Å². The lowest BCUT2D eigenvalue weighted by atomic mass is 9.98. The average molecular weight is 381 g/mol. The van der Waals surface area contributed by atoms with E-state index in [1.165, 1.54) is 17.7 Å². The summed E-state index contributed by atoms with van der Waals surface area (Å²) in [5.74, 6) is 1.71. The molecule has 0 fully saturated rings. The predicted molar refractivity (Wildman–Crippen MR) is 113 cm³/mol. The molecule has 3 heterocycles. The second-order valence-electron chi connectivity index (χ2n) is 7.02. The van der Waals surface area contributed by atoms with Gasteiger partial charge >= 0.3 is 0 Å². The molecule has 0 atom stereocenters. The van der Waals surface area contributed by atoms with Crippen LogP contribution in [-0.2, 0) is 12.8 Å². The van der Waals surface area contributed by atoms with Crippen LogP contribution in [0.5, 0.6) is 0 Å². The first-order chi connectivity index (χ1) is 14.3. The molecule has 3 aromatic heterocycles. The average Bonchev–Trinajstić information content (AvgIpc) is 3.46. The molecule has 5 rings (SSSR count). The van der Waals surface area contributed by atoms with E-state index in [0.717, 1.165) is 30.3 Å². The Kier molecular flexibility index (Phi) is 4.10. The molecule has 0 unspecified atom stereocenters. The number of rotatable bonds is 4. The summed E-state index contributed by atoms with van der Waals surface area (Å²) in [4.78, 5) is 9.06. The number of aryl methyl sites for hydroxylation is 1. The molecular formula is C22H19N7. The van der Waals surface area contributed by atoms with Crippen LogP contribution in [0.25, 0.3) is 22.9 Å². The molecule has 0 spiro atoms. The summed E-state index contributed by atoms with van der Waals surface area (Å²) in [7, 11) is 0. The molecule has 29 heavy (non-hydrogen) atoms. The van der Waals surface area contributed by atoms with Gasteiger partial charge in [0.2, 0.25) is 0 Å². The second kappa shape index (κ2) is 6.91. The Labute approximate surface area is 167 Å². The molecule has 1 aromatic carbocycles. The summed E-state index contributed by atoms with van der Waals surface area (Å²) in [6.45, 7) is 3.83. The van der Waals surface area contributed by atoms with Gasteiger partial charge in [-0.1, -0.05) is 18.7 Å². The van der Waals surface area contributed by atoms with Gasteiger partial charge in [-0.05, 0) is 55.5 Å². The van der Waals surface area contributed by atoms with Crippen molar-refractivity contribution < 1.29 is 0 Å². The molecule has 0 saturated carbocycles. The number of hydrogen-bond acceptors (Lipinski definition) is 4. The van der Waals surface area contributed by atoms with Crippen LogP contribution >= 0.6 is 0 Å². The lowest BCUT2D eigenvalue weighted by Gasteiger charge is -2.14. The number of imidazole rings is 1. The van der Waals surface area contributed by atoms with E-state index in [9.17, 15) is 5.26 Å². The van der Waals surface area contributed by atoms with Gasteiger partial charge in [0.25, 0.3) is 0 Å². The van der Waals surface area contributed by atoms with Crippen molar-refractivity contribution in [2.45, 2.75) is 25.7 Å². The van der Waals surface area contributed by atoms with Crippen molar-refractivity contribution >= 4 is 29.3 Å². The summed E-state index contributed by atoms with van der Waals surface area (Å²) >= 11 is 0. The first-order valence-electron chi connectivity index (χ1n) is 9.61. The number of aromatic nitrogens is 5. The number of aromatic amines is 1. The molecule has 142 valence electrons. The van der Waals surface area contributed by atoms with E-state index in [0.29, 0.717) is 23.0 Å². The topological polar surface area (TPSA) is 87.6 Å². The number of aliphatic imine (C=N–C) groups is 1. The predicted octanol–water partition coefficient (Wildman–Crippen LogP) is 4.15. The minimum atomic E-state index is 0.425. The lowest BCUT2D eigenvalue weighted by molar-refractivity contribution is 0.660. The number of fused-ring (bicyclic) bond motifs is 2. The van der Waals surface area contributed by atoms with Crippen molar-refractivity contribution in [1.29, 1.82) is 5.26 Å². The Morgan fingerprint density at radius 3 is 2.93 bits per heavy atom. The van der Waals surface area contributed by atoms with Gasteiger partial charge in [-0.3, -0.25) is 9.67 Å². The third kappa shape index (κ3) is 2.77. The van der Waals surface area contributed by atoms with Crippen molar-refractivity contribution in [2.24, 2.45) is 4.99 Å². The van der Waals surface area contributed by atoms with Crippen LogP contribution in [-0.4, -0.2) is 30.7 Å². The highest BCUT2D eigenvalue weighted by molar-refractivity contribution is 5.86. The SMILES string of the molecule is C=Cc1nc2ccccc2n1/C=N/c1[nH]nc(-n2ccc3c2CCCC3)c1C#N. The summed E-state index contributed by atoms with van der Waals surface area (Å²) in [6, 6.07) is 12.2. The second-order valence-corrected chi connectivity index (χ2v) is 7.02. The van der Waals surface area contributed by atoms with Gasteiger partial charge in [0, 0.05) is 11.9 Å².